The van der Waals surface area contributed by atoms with Crippen LogP contribution in [0.25, 0.3) is 11.1 Å². The van der Waals surface area contributed by atoms with Gasteiger partial charge in [0.05, 0.1) is 5.56 Å². The lowest BCUT2D eigenvalue weighted by Gasteiger charge is -2.43. The molecule has 3 heteroatoms. The van der Waals surface area contributed by atoms with Crippen molar-refractivity contribution in [2.45, 2.75) is 50.6 Å². The summed E-state index contributed by atoms with van der Waals surface area (Å²) in [4.78, 5) is 6.86. The van der Waals surface area contributed by atoms with Gasteiger partial charge in [-0.2, -0.15) is 5.26 Å². The minimum Gasteiger partial charge on any atom is -0.298 e. The molecule has 122 valence electrons. The molecule has 0 unspecified atom stereocenters. The number of rotatable bonds is 3. The van der Waals surface area contributed by atoms with E-state index in [1.807, 2.05) is 12.3 Å². The topological polar surface area (TPSA) is 39.9 Å². The molecule has 1 saturated heterocycles. The van der Waals surface area contributed by atoms with Gasteiger partial charge in [0.25, 0.3) is 0 Å². The SMILES string of the molecule is C[C@@H]1CCCN1[C@H]1C[C@H](c2ccc(-c3cncc(C#N)c3)cc2)C1. The van der Waals surface area contributed by atoms with Gasteiger partial charge in [0, 0.05) is 30.0 Å². The number of aromatic nitrogens is 1. The van der Waals surface area contributed by atoms with E-state index in [0.717, 1.165) is 23.2 Å². The first-order chi connectivity index (χ1) is 11.7. The Kier molecular flexibility index (Phi) is 4.08. The van der Waals surface area contributed by atoms with Crippen molar-refractivity contribution in [1.82, 2.24) is 9.88 Å². The van der Waals surface area contributed by atoms with Crippen molar-refractivity contribution in [2.24, 2.45) is 0 Å². The molecule has 2 heterocycles. The standard InChI is InChI=1S/C21H23N3/c1-15-3-2-8-24(15)21-10-19(11-21)17-4-6-18(7-5-17)20-9-16(12-22)13-23-14-20/h4-7,9,13-15,19,21H,2-3,8,10-11H2,1H3/t15-,19-,21-/m1/s1. The largest absolute Gasteiger partial charge is 0.298 e. The molecule has 24 heavy (non-hydrogen) atoms. The number of hydrogen-bond donors (Lipinski definition) is 0. The van der Waals surface area contributed by atoms with Gasteiger partial charge in [-0.1, -0.05) is 24.3 Å². The van der Waals surface area contributed by atoms with Crippen LogP contribution in [0, 0.1) is 11.3 Å². The molecule has 1 aliphatic carbocycles. The average Bonchev–Trinajstić information content (AvgIpc) is 3.00. The summed E-state index contributed by atoms with van der Waals surface area (Å²) in [5.41, 5.74) is 4.20. The Balaban J connectivity index is 1.43. The Morgan fingerprint density at radius 3 is 2.58 bits per heavy atom. The van der Waals surface area contributed by atoms with Crippen LogP contribution in [0.5, 0.6) is 0 Å². The van der Waals surface area contributed by atoms with Gasteiger partial charge in [0.1, 0.15) is 6.07 Å². The van der Waals surface area contributed by atoms with E-state index in [1.54, 1.807) is 6.20 Å². The van der Waals surface area contributed by atoms with Crippen LogP contribution in [0.3, 0.4) is 0 Å². The fourth-order valence-electron chi connectivity index (χ4n) is 4.24. The summed E-state index contributed by atoms with van der Waals surface area (Å²) >= 11 is 0. The highest BCUT2D eigenvalue weighted by Gasteiger charge is 2.37. The maximum atomic E-state index is 9.00. The van der Waals surface area contributed by atoms with Crippen LogP contribution in [0.4, 0.5) is 0 Å². The van der Waals surface area contributed by atoms with Gasteiger partial charge in [-0.05, 0) is 62.3 Å². The molecule has 1 saturated carbocycles. The maximum Gasteiger partial charge on any atom is 0.101 e. The molecule has 0 radical (unpaired) electrons. The summed E-state index contributed by atoms with van der Waals surface area (Å²) in [6.45, 7) is 3.66. The number of hydrogen-bond acceptors (Lipinski definition) is 3. The number of likely N-dealkylation sites (tertiary alicyclic amines) is 1. The van der Waals surface area contributed by atoms with Crippen molar-refractivity contribution in [3.8, 4) is 17.2 Å². The van der Waals surface area contributed by atoms with Crippen LogP contribution in [0.2, 0.25) is 0 Å². The van der Waals surface area contributed by atoms with Crippen molar-refractivity contribution >= 4 is 0 Å². The highest BCUT2D eigenvalue weighted by molar-refractivity contribution is 5.64. The summed E-state index contributed by atoms with van der Waals surface area (Å²) in [5, 5.41) is 9.00. The molecular formula is C21H23N3. The third-order valence-electron chi connectivity index (χ3n) is 5.77. The van der Waals surface area contributed by atoms with E-state index in [4.69, 9.17) is 5.26 Å². The Morgan fingerprint density at radius 2 is 1.92 bits per heavy atom. The zero-order valence-electron chi connectivity index (χ0n) is 14.2. The highest BCUT2D eigenvalue weighted by atomic mass is 15.2. The number of nitrogens with zero attached hydrogens (tertiary/aromatic N) is 3. The van der Waals surface area contributed by atoms with Crippen LogP contribution in [-0.2, 0) is 0 Å². The molecule has 1 aromatic carbocycles. The summed E-state index contributed by atoms with van der Waals surface area (Å²) < 4.78 is 0. The van der Waals surface area contributed by atoms with Crippen LogP contribution >= 0.6 is 0 Å². The van der Waals surface area contributed by atoms with E-state index in [0.29, 0.717) is 11.5 Å². The summed E-state index contributed by atoms with van der Waals surface area (Å²) in [5.74, 6) is 0.709. The quantitative estimate of drug-likeness (QED) is 0.845. The Bertz CT molecular complexity index is 753. The van der Waals surface area contributed by atoms with Gasteiger partial charge in [-0.15, -0.1) is 0 Å². The second-order valence-corrected chi connectivity index (χ2v) is 7.25. The van der Waals surface area contributed by atoms with E-state index < -0.39 is 0 Å². The Morgan fingerprint density at radius 1 is 1.12 bits per heavy atom. The molecule has 1 aromatic heterocycles. The first-order valence-corrected chi connectivity index (χ1v) is 8.96. The molecule has 3 nitrogen and oxygen atoms in total. The third-order valence-corrected chi connectivity index (χ3v) is 5.77. The molecule has 2 aromatic rings. The van der Waals surface area contributed by atoms with Gasteiger partial charge >= 0.3 is 0 Å². The van der Waals surface area contributed by atoms with Crippen LogP contribution < -0.4 is 0 Å². The normalized spacial score (nSPS) is 26.8. The summed E-state index contributed by atoms with van der Waals surface area (Å²) in [7, 11) is 0. The second-order valence-electron chi connectivity index (χ2n) is 7.25. The average molecular weight is 317 g/mol. The third kappa shape index (κ3) is 2.83. The Hall–Kier alpha value is -2.18. The van der Waals surface area contributed by atoms with E-state index >= 15 is 0 Å². The Labute approximate surface area is 143 Å². The maximum absolute atomic E-state index is 9.00. The molecular weight excluding hydrogens is 294 g/mol. The lowest BCUT2D eigenvalue weighted by Crippen LogP contribution is -2.45. The van der Waals surface area contributed by atoms with Gasteiger partial charge < -0.3 is 0 Å². The van der Waals surface area contributed by atoms with Crippen LogP contribution in [0.15, 0.2) is 42.7 Å². The first kappa shape index (κ1) is 15.4. The molecule has 2 aliphatic rings. The highest BCUT2D eigenvalue weighted by Crippen LogP contribution is 2.42. The van der Waals surface area contributed by atoms with Crippen molar-refractivity contribution in [3.63, 3.8) is 0 Å². The predicted octanol–water partition coefficient (Wildman–Crippen LogP) is 4.35. The summed E-state index contributed by atoms with van der Waals surface area (Å²) in [6, 6.07) is 14.5. The van der Waals surface area contributed by atoms with Gasteiger partial charge in [0.2, 0.25) is 0 Å². The lowest BCUT2D eigenvalue weighted by atomic mass is 9.74. The molecule has 1 aliphatic heterocycles. The van der Waals surface area contributed by atoms with Crippen molar-refractivity contribution in [3.05, 3.63) is 53.9 Å². The zero-order chi connectivity index (χ0) is 16.5. The lowest BCUT2D eigenvalue weighted by molar-refractivity contribution is 0.103. The fourth-order valence-corrected chi connectivity index (χ4v) is 4.24. The minimum atomic E-state index is 0.609. The molecule has 1 atom stereocenters. The number of nitriles is 1. The van der Waals surface area contributed by atoms with Gasteiger partial charge in [0.15, 0.2) is 0 Å². The van der Waals surface area contributed by atoms with E-state index in [-0.39, 0.29) is 0 Å². The van der Waals surface area contributed by atoms with Gasteiger partial charge in [-0.3, -0.25) is 9.88 Å². The van der Waals surface area contributed by atoms with Crippen molar-refractivity contribution < 1.29 is 0 Å². The van der Waals surface area contributed by atoms with E-state index in [9.17, 15) is 0 Å². The molecule has 0 amide bonds. The number of pyridine rings is 1. The monoisotopic (exact) mass is 317 g/mol. The molecule has 0 spiro atoms. The molecule has 2 fully saturated rings. The van der Waals surface area contributed by atoms with Gasteiger partial charge in [-0.25, -0.2) is 0 Å². The predicted molar refractivity (Wildman–Crippen MR) is 95.6 cm³/mol. The fraction of sp³-hybridized carbons (Fsp3) is 0.429. The molecule has 4 rings (SSSR count). The van der Waals surface area contributed by atoms with Crippen molar-refractivity contribution in [1.29, 1.82) is 5.26 Å². The smallest absolute Gasteiger partial charge is 0.101 e. The zero-order valence-corrected chi connectivity index (χ0v) is 14.2. The first-order valence-electron chi connectivity index (χ1n) is 8.96. The van der Waals surface area contributed by atoms with Crippen LogP contribution in [-0.4, -0.2) is 28.5 Å². The van der Waals surface area contributed by atoms with E-state index in [1.165, 1.54) is 37.8 Å². The molecule has 0 N–H and O–H groups in total. The van der Waals surface area contributed by atoms with Crippen molar-refractivity contribution in [2.75, 3.05) is 6.54 Å². The van der Waals surface area contributed by atoms with E-state index in [2.05, 4.69) is 47.1 Å². The number of benzene rings is 1. The minimum absolute atomic E-state index is 0.609. The van der Waals surface area contributed by atoms with Crippen LogP contribution in [0.1, 0.15) is 49.7 Å². The summed E-state index contributed by atoms with van der Waals surface area (Å²) in [6.07, 6.45) is 8.76. The second kappa shape index (κ2) is 6.37. The molecule has 0 bridgehead atoms.